The van der Waals surface area contributed by atoms with Gasteiger partial charge in [-0.25, -0.2) is 4.68 Å². The topological polar surface area (TPSA) is 47.8 Å². The quantitative estimate of drug-likeness (QED) is 0.811. The molecule has 20 heavy (non-hydrogen) atoms. The van der Waals surface area contributed by atoms with Crippen LogP contribution in [0.5, 0.6) is 0 Å². The number of hydrogen-bond acceptors (Lipinski definition) is 3. The Labute approximate surface area is 127 Å². The molecular formula is C14H15Cl2N3O. The average molecular weight is 312 g/mol. The molecule has 0 amide bonds. The van der Waals surface area contributed by atoms with E-state index in [1.807, 2.05) is 24.3 Å². The van der Waals surface area contributed by atoms with Gasteiger partial charge in [-0.3, -0.25) is 4.79 Å². The first kappa shape index (κ1) is 15.0. The molecule has 0 saturated heterocycles. The Morgan fingerprint density at radius 1 is 1.20 bits per heavy atom. The molecule has 0 aliphatic rings. The van der Waals surface area contributed by atoms with Crippen LogP contribution < -0.4 is 0 Å². The van der Waals surface area contributed by atoms with Crippen molar-refractivity contribution in [3.05, 3.63) is 46.0 Å². The zero-order chi connectivity index (χ0) is 14.9. The number of ketones is 1. The van der Waals surface area contributed by atoms with Gasteiger partial charge in [0.1, 0.15) is 6.54 Å². The smallest absolute Gasteiger partial charge is 0.243 e. The van der Waals surface area contributed by atoms with E-state index in [2.05, 4.69) is 30.9 Å². The van der Waals surface area contributed by atoms with Crippen LogP contribution in [0.2, 0.25) is 10.6 Å². The lowest BCUT2D eigenvalue weighted by Crippen LogP contribution is -2.14. The molecule has 0 radical (unpaired) electrons. The van der Waals surface area contributed by atoms with E-state index in [1.54, 1.807) is 0 Å². The molecule has 0 unspecified atom stereocenters. The van der Waals surface area contributed by atoms with Gasteiger partial charge in [0.2, 0.25) is 10.6 Å². The Bertz CT molecular complexity index is 627. The second-order valence-corrected chi connectivity index (χ2v) is 6.23. The molecule has 1 heterocycles. The number of Topliss-reactive ketones (excluding diaryl/α,β-unsaturated/α-hetero) is 1. The zero-order valence-electron chi connectivity index (χ0n) is 11.5. The maximum atomic E-state index is 12.1. The van der Waals surface area contributed by atoms with E-state index in [-0.39, 0.29) is 28.3 Å². The molecule has 0 aliphatic heterocycles. The summed E-state index contributed by atoms with van der Waals surface area (Å²) in [5, 5.41) is 3.99. The minimum Gasteiger partial charge on any atom is -0.292 e. The molecule has 4 nitrogen and oxygen atoms in total. The minimum atomic E-state index is -0.0890. The van der Waals surface area contributed by atoms with Crippen molar-refractivity contribution in [1.82, 2.24) is 14.8 Å². The third-order valence-corrected chi connectivity index (χ3v) is 3.41. The normalized spacial score (nSPS) is 11.7. The summed E-state index contributed by atoms with van der Waals surface area (Å²) < 4.78 is 1.28. The standard InChI is InChI=1S/C14H15Cl2N3O/c1-14(2,3)10-6-4-9(5-7-10)11(20)8-19-13(16)17-12(15)18-19/h4-7H,8H2,1-3H3. The largest absolute Gasteiger partial charge is 0.292 e. The average Bonchev–Trinajstić information content (AvgIpc) is 2.67. The monoisotopic (exact) mass is 311 g/mol. The molecule has 0 atom stereocenters. The summed E-state index contributed by atoms with van der Waals surface area (Å²) in [5.74, 6) is -0.0890. The lowest BCUT2D eigenvalue weighted by molar-refractivity contribution is 0.0967. The van der Waals surface area contributed by atoms with Crippen LogP contribution >= 0.6 is 23.2 Å². The highest BCUT2D eigenvalue weighted by Gasteiger charge is 2.15. The highest BCUT2D eigenvalue weighted by atomic mass is 35.5. The molecule has 0 saturated carbocycles. The number of nitrogens with zero attached hydrogens (tertiary/aromatic N) is 3. The lowest BCUT2D eigenvalue weighted by Gasteiger charge is -2.18. The van der Waals surface area contributed by atoms with Crippen LogP contribution in [-0.4, -0.2) is 20.5 Å². The van der Waals surface area contributed by atoms with E-state index >= 15 is 0 Å². The predicted molar refractivity (Wildman–Crippen MR) is 79.5 cm³/mol. The van der Waals surface area contributed by atoms with Crippen LogP contribution in [0.4, 0.5) is 0 Å². The summed E-state index contributed by atoms with van der Waals surface area (Å²) in [5.41, 5.74) is 1.85. The van der Waals surface area contributed by atoms with Gasteiger partial charge in [-0.15, -0.1) is 5.10 Å². The predicted octanol–water partition coefficient (Wildman–Crippen LogP) is 3.77. The Morgan fingerprint density at radius 2 is 1.80 bits per heavy atom. The molecule has 1 aromatic heterocycles. The maximum Gasteiger partial charge on any atom is 0.243 e. The summed E-state index contributed by atoms with van der Waals surface area (Å²) in [7, 11) is 0. The molecule has 6 heteroatoms. The fraction of sp³-hybridized carbons (Fsp3) is 0.357. The number of hydrogen-bond donors (Lipinski definition) is 0. The Kier molecular flexibility index (Phi) is 4.16. The molecule has 1 aromatic carbocycles. The van der Waals surface area contributed by atoms with Gasteiger partial charge < -0.3 is 0 Å². The molecule has 0 N–H and O–H groups in total. The molecule has 0 aliphatic carbocycles. The van der Waals surface area contributed by atoms with Crippen molar-refractivity contribution >= 4 is 29.0 Å². The molecule has 2 rings (SSSR count). The van der Waals surface area contributed by atoms with Crippen molar-refractivity contribution in [2.75, 3.05) is 0 Å². The second kappa shape index (κ2) is 5.54. The molecular weight excluding hydrogens is 297 g/mol. The van der Waals surface area contributed by atoms with Crippen LogP contribution in [0.15, 0.2) is 24.3 Å². The van der Waals surface area contributed by atoms with E-state index in [0.717, 1.165) is 0 Å². The van der Waals surface area contributed by atoms with Crippen molar-refractivity contribution in [3.8, 4) is 0 Å². The van der Waals surface area contributed by atoms with Crippen LogP contribution in [0, 0.1) is 0 Å². The van der Waals surface area contributed by atoms with Crippen LogP contribution in [0.25, 0.3) is 0 Å². The van der Waals surface area contributed by atoms with Gasteiger partial charge >= 0.3 is 0 Å². The Morgan fingerprint density at radius 3 is 2.25 bits per heavy atom. The lowest BCUT2D eigenvalue weighted by atomic mass is 9.86. The fourth-order valence-electron chi connectivity index (χ4n) is 1.78. The molecule has 106 valence electrons. The van der Waals surface area contributed by atoms with Crippen molar-refractivity contribution in [2.24, 2.45) is 0 Å². The van der Waals surface area contributed by atoms with Crippen LogP contribution in [0.3, 0.4) is 0 Å². The molecule has 0 bridgehead atoms. The van der Waals surface area contributed by atoms with E-state index in [4.69, 9.17) is 23.2 Å². The fourth-order valence-corrected chi connectivity index (χ4v) is 2.17. The summed E-state index contributed by atoms with van der Waals surface area (Å²) in [6, 6.07) is 7.55. The van der Waals surface area contributed by atoms with Crippen molar-refractivity contribution in [1.29, 1.82) is 0 Å². The summed E-state index contributed by atoms with van der Waals surface area (Å²) in [6.07, 6.45) is 0. The van der Waals surface area contributed by atoms with Crippen molar-refractivity contribution in [2.45, 2.75) is 32.7 Å². The zero-order valence-corrected chi connectivity index (χ0v) is 13.0. The number of benzene rings is 1. The number of carbonyl (C=O) groups excluding carboxylic acids is 1. The molecule has 0 spiro atoms. The van der Waals surface area contributed by atoms with Crippen molar-refractivity contribution < 1.29 is 4.79 Å². The van der Waals surface area contributed by atoms with E-state index in [0.29, 0.717) is 5.56 Å². The molecule has 2 aromatic rings. The van der Waals surface area contributed by atoms with Gasteiger partial charge in [-0.2, -0.15) is 4.98 Å². The van der Waals surface area contributed by atoms with E-state index < -0.39 is 0 Å². The number of aromatic nitrogens is 3. The first-order valence-electron chi connectivity index (χ1n) is 6.17. The third kappa shape index (κ3) is 3.38. The van der Waals surface area contributed by atoms with E-state index in [9.17, 15) is 4.79 Å². The first-order valence-corrected chi connectivity index (χ1v) is 6.92. The van der Waals surface area contributed by atoms with Gasteiger partial charge in [0.05, 0.1) is 0 Å². The number of halogens is 2. The van der Waals surface area contributed by atoms with Gasteiger partial charge in [0, 0.05) is 5.56 Å². The van der Waals surface area contributed by atoms with Crippen LogP contribution in [-0.2, 0) is 12.0 Å². The maximum absolute atomic E-state index is 12.1. The Hall–Kier alpha value is -1.39. The molecule has 0 fully saturated rings. The minimum absolute atomic E-state index is 0.0212. The summed E-state index contributed by atoms with van der Waals surface area (Å²) in [6.45, 7) is 6.40. The third-order valence-electron chi connectivity index (χ3n) is 2.97. The van der Waals surface area contributed by atoms with Gasteiger partial charge in [0.25, 0.3) is 0 Å². The van der Waals surface area contributed by atoms with Crippen molar-refractivity contribution in [3.63, 3.8) is 0 Å². The van der Waals surface area contributed by atoms with Gasteiger partial charge in [-0.05, 0) is 34.2 Å². The highest BCUT2D eigenvalue weighted by Crippen LogP contribution is 2.22. The number of rotatable bonds is 3. The highest BCUT2D eigenvalue weighted by molar-refractivity contribution is 6.31. The number of carbonyl (C=O) groups is 1. The van der Waals surface area contributed by atoms with E-state index in [1.165, 1.54) is 10.2 Å². The second-order valence-electron chi connectivity index (χ2n) is 5.56. The van der Waals surface area contributed by atoms with Crippen LogP contribution in [0.1, 0.15) is 36.7 Å². The van der Waals surface area contributed by atoms with Gasteiger partial charge in [-0.1, -0.05) is 45.0 Å². The SMILES string of the molecule is CC(C)(C)c1ccc(C(=O)Cn2nc(Cl)nc2Cl)cc1. The first-order chi connectivity index (χ1) is 9.27. The summed E-state index contributed by atoms with van der Waals surface area (Å²) in [4.78, 5) is 15.9. The Balaban J connectivity index is 2.16. The summed E-state index contributed by atoms with van der Waals surface area (Å²) >= 11 is 11.4. The van der Waals surface area contributed by atoms with Gasteiger partial charge in [0.15, 0.2) is 5.78 Å².